The minimum atomic E-state index is -0.534. The fraction of sp³-hybridized carbons (Fsp3) is 0.250. The van der Waals surface area contributed by atoms with Crippen molar-refractivity contribution in [3.63, 3.8) is 0 Å². The normalized spacial score (nSPS) is 12.2. The molecule has 1 N–H and O–H groups in total. The predicted octanol–water partition coefficient (Wildman–Crippen LogP) is 4.04. The fourth-order valence-corrected chi connectivity index (χ4v) is 2.52. The van der Waals surface area contributed by atoms with Gasteiger partial charge in [-0.05, 0) is 36.2 Å². The van der Waals surface area contributed by atoms with Gasteiger partial charge < -0.3 is 9.84 Å². The van der Waals surface area contributed by atoms with Crippen molar-refractivity contribution >= 4 is 15.9 Å². The lowest BCUT2D eigenvalue weighted by atomic mass is 9.99. The summed E-state index contributed by atoms with van der Waals surface area (Å²) in [5.74, 6) is 0.819. The molecule has 0 fully saturated rings. The molecule has 1 unspecified atom stereocenters. The minimum absolute atomic E-state index is 0.534. The Labute approximate surface area is 122 Å². The van der Waals surface area contributed by atoms with Crippen LogP contribution in [0.15, 0.2) is 46.9 Å². The number of ether oxygens (including phenoxy) is 1. The summed E-state index contributed by atoms with van der Waals surface area (Å²) in [5, 5.41) is 10.3. The largest absolute Gasteiger partial charge is 0.496 e. The van der Waals surface area contributed by atoms with E-state index < -0.39 is 6.10 Å². The number of aryl methyl sites for hydroxylation is 1. The molecule has 0 amide bonds. The van der Waals surface area contributed by atoms with Gasteiger partial charge in [-0.2, -0.15) is 0 Å². The van der Waals surface area contributed by atoms with Crippen LogP contribution in [0, 0.1) is 6.92 Å². The van der Waals surface area contributed by atoms with Crippen LogP contribution in [-0.4, -0.2) is 12.2 Å². The Bertz CT molecular complexity index is 566. The third kappa shape index (κ3) is 3.58. The van der Waals surface area contributed by atoms with Crippen LogP contribution in [0.2, 0.25) is 0 Å². The lowest BCUT2D eigenvalue weighted by molar-refractivity contribution is 0.177. The number of halogens is 1. The lowest BCUT2D eigenvalue weighted by Gasteiger charge is -2.14. The molecule has 2 aromatic carbocycles. The average Bonchev–Trinajstić information content (AvgIpc) is 2.39. The summed E-state index contributed by atoms with van der Waals surface area (Å²) < 4.78 is 6.31. The number of rotatable bonds is 4. The summed E-state index contributed by atoms with van der Waals surface area (Å²) in [6.07, 6.45) is 0.00889. The average molecular weight is 321 g/mol. The van der Waals surface area contributed by atoms with Crippen molar-refractivity contribution in [2.45, 2.75) is 19.4 Å². The van der Waals surface area contributed by atoms with Crippen LogP contribution in [-0.2, 0) is 6.42 Å². The molecule has 0 radical (unpaired) electrons. The Morgan fingerprint density at radius 1 is 1.21 bits per heavy atom. The summed E-state index contributed by atoms with van der Waals surface area (Å²) in [5.41, 5.74) is 3.09. The summed E-state index contributed by atoms with van der Waals surface area (Å²) in [6.45, 7) is 2.04. The molecule has 0 bridgehead atoms. The fourth-order valence-electron chi connectivity index (χ4n) is 2.11. The van der Waals surface area contributed by atoms with E-state index in [-0.39, 0.29) is 0 Å². The number of hydrogen-bond donors (Lipinski definition) is 1. The van der Waals surface area contributed by atoms with Crippen LogP contribution in [0.25, 0.3) is 0 Å². The van der Waals surface area contributed by atoms with Gasteiger partial charge in [0.2, 0.25) is 0 Å². The zero-order valence-corrected chi connectivity index (χ0v) is 12.6. The quantitative estimate of drug-likeness (QED) is 0.921. The van der Waals surface area contributed by atoms with E-state index >= 15 is 0 Å². The van der Waals surface area contributed by atoms with E-state index in [0.29, 0.717) is 6.42 Å². The maximum atomic E-state index is 10.3. The maximum absolute atomic E-state index is 10.3. The second-order valence-electron chi connectivity index (χ2n) is 4.59. The molecule has 2 nitrogen and oxygen atoms in total. The molecule has 0 spiro atoms. The molecule has 2 rings (SSSR count). The monoisotopic (exact) mass is 320 g/mol. The van der Waals surface area contributed by atoms with Crippen LogP contribution in [0.4, 0.5) is 0 Å². The first-order valence-corrected chi connectivity index (χ1v) is 6.96. The second kappa shape index (κ2) is 6.22. The number of aliphatic hydroxyl groups is 1. The predicted molar refractivity (Wildman–Crippen MR) is 80.5 cm³/mol. The highest BCUT2D eigenvalue weighted by Crippen LogP contribution is 2.27. The maximum Gasteiger partial charge on any atom is 0.122 e. The van der Waals surface area contributed by atoms with Gasteiger partial charge in [-0.1, -0.05) is 45.8 Å². The van der Waals surface area contributed by atoms with E-state index in [1.807, 2.05) is 43.3 Å². The smallest absolute Gasteiger partial charge is 0.122 e. The van der Waals surface area contributed by atoms with Crippen molar-refractivity contribution in [3.05, 3.63) is 63.6 Å². The van der Waals surface area contributed by atoms with Crippen molar-refractivity contribution < 1.29 is 9.84 Å². The lowest BCUT2D eigenvalue weighted by Crippen LogP contribution is -2.03. The molecular weight excluding hydrogens is 304 g/mol. The Morgan fingerprint density at radius 2 is 2.00 bits per heavy atom. The van der Waals surface area contributed by atoms with Gasteiger partial charge in [-0.3, -0.25) is 0 Å². The molecule has 0 aliphatic rings. The molecule has 2 aromatic rings. The number of benzene rings is 2. The highest BCUT2D eigenvalue weighted by molar-refractivity contribution is 9.10. The van der Waals surface area contributed by atoms with Gasteiger partial charge in [-0.15, -0.1) is 0 Å². The first kappa shape index (κ1) is 14.1. The molecule has 0 heterocycles. The molecule has 19 heavy (non-hydrogen) atoms. The van der Waals surface area contributed by atoms with E-state index in [0.717, 1.165) is 26.9 Å². The van der Waals surface area contributed by atoms with E-state index in [9.17, 15) is 5.11 Å². The first-order chi connectivity index (χ1) is 9.10. The van der Waals surface area contributed by atoms with Gasteiger partial charge in [-0.25, -0.2) is 0 Å². The van der Waals surface area contributed by atoms with Gasteiger partial charge in [0.05, 0.1) is 13.2 Å². The molecule has 1 atom stereocenters. The third-order valence-corrected chi connectivity index (χ3v) is 3.58. The van der Waals surface area contributed by atoms with Gasteiger partial charge in [0.1, 0.15) is 5.75 Å². The van der Waals surface area contributed by atoms with Crippen molar-refractivity contribution in [1.82, 2.24) is 0 Å². The Morgan fingerprint density at radius 3 is 2.68 bits per heavy atom. The van der Waals surface area contributed by atoms with Crippen molar-refractivity contribution in [2.24, 2.45) is 0 Å². The molecule has 100 valence electrons. The molecule has 0 aromatic heterocycles. The second-order valence-corrected chi connectivity index (χ2v) is 5.51. The van der Waals surface area contributed by atoms with Gasteiger partial charge in [0.15, 0.2) is 0 Å². The number of methoxy groups -OCH3 is 1. The van der Waals surface area contributed by atoms with E-state index in [1.54, 1.807) is 7.11 Å². The zero-order valence-electron chi connectivity index (χ0n) is 11.1. The van der Waals surface area contributed by atoms with Crippen LogP contribution >= 0.6 is 15.9 Å². The molecular formula is C16H17BrO2. The Balaban J connectivity index is 2.23. The topological polar surface area (TPSA) is 29.5 Å². The highest BCUT2D eigenvalue weighted by atomic mass is 79.9. The van der Waals surface area contributed by atoms with Crippen molar-refractivity contribution in [1.29, 1.82) is 0 Å². The Kier molecular flexibility index (Phi) is 4.61. The number of aliphatic hydroxyl groups excluding tert-OH is 1. The van der Waals surface area contributed by atoms with Gasteiger partial charge in [0, 0.05) is 10.9 Å². The van der Waals surface area contributed by atoms with Gasteiger partial charge in [0.25, 0.3) is 0 Å². The molecule has 0 saturated heterocycles. The summed E-state index contributed by atoms with van der Waals surface area (Å²) in [7, 11) is 1.65. The summed E-state index contributed by atoms with van der Waals surface area (Å²) in [6, 6.07) is 13.7. The van der Waals surface area contributed by atoms with Gasteiger partial charge >= 0.3 is 0 Å². The Hall–Kier alpha value is -1.32. The summed E-state index contributed by atoms with van der Waals surface area (Å²) in [4.78, 5) is 0. The van der Waals surface area contributed by atoms with Crippen LogP contribution < -0.4 is 4.74 Å². The first-order valence-electron chi connectivity index (χ1n) is 6.17. The van der Waals surface area contributed by atoms with E-state index in [4.69, 9.17) is 4.74 Å². The number of hydrogen-bond acceptors (Lipinski definition) is 2. The van der Waals surface area contributed by atoms with Crippen molar-refractivity contribution in [3.8, 4) is 5.75 Å². The van der Waals surface area contributed by atoms with Crippen LogP contribution in [0.3, 0.4) is 0 Å². The van der Waals surface area contributed by atoms with Crippen molar-refractivity contribution in [2.75, 3.05) is 7.11 Å². The molecule has 0 saturated carbocycles. The van der Waals surface area contributed by atoms with E-state index in [1.165, 1.54) is 0 Å². The summed E-state index contributed by atoms with van der Waals surface area (Å²) >= 11 is 3.42. The molecule has 3 heteroatoms. The minimum Gasteiger partial charge on any atom is -0.496 e. The van der Waals surface area contributed by atoms with Crippen LogP contribution in [0.1, 0.15) is 22.8 Å². The standard InChI is InChI=1S/C16H17BrO2/c1-11-6-7-16(19-2)13(8-11)10-15(18)12-4-3-5-14(17)9-12/h3-9,15,18H,10H2,1-2H3. The third-order valence-electron chi connectivity index (χ3n) is 3.08. The molecule has 0 aliphatic heterocycles. The SMILES string of the molecule is COc1ccc(C)cc1CC(O)c1cccc(Br)c1. The highest BCUT2D eigenvalue weighted by Gasteiger charge is 2.12. The van der Waals surface area contributed by atoms with Crippen LogP contribution in [0.5, 0.6) is 5.75 Å². The molecule has 0 aliphatic carbocycles. The zero-order chi connectivity index (χ0) is 13.8. The van der Waals surface area contributed by atoms with E-state index in [2.05, 4.69) is 22.0 Å².